The minimum atomic E-state index is -0.438. The predicted octanol–water partition coefficient (Wildman–Crippen LogP) is 8.34. The molecule has 37 heavy (non-hydrogen) atoms. The normalized spacial score (nSPS) is 13.8. The van der Waals surface area contributed by atoms with Gasteiger partial charge in [0.2, 0.25) is 0 Å². The molecule has 4 heteroatoms. The number of hydrogen-bond acceptors (Lipinski definition) is 4. The van der Waals surface area contributed by atoms with Crippen LogP contribution in [0.5, 0.6) is 11.5 Å². The van der Waals surface area contributed by atoms with E-state index in [1.807, 2.05) is 24.3 Å². The third-order valence-electron chi connectivity index (χ3n) is 7.54. The fourth-order valence-electron chi connectivity index (χ4n) is 6.03. The first-order valence-electron chi connectivity index (χ1n) is 12.3. The van der Waals surface area contributed by atoms with Gasteiger partial charge in [0.05, 0.1) is 5.41 Å². The van der Waals surface area contributed by atoms with E-state index in [1.165, 1.54) is 27.8 Å². The lowest BCUT2D eigenvalue weighted by Crippen LogP contribution is -2.32. The maximum absolute atomic E-state index is 6.60. The van der Waals surface area contributed by atoms with Gasteiger partial charge in [-0.25, -0.2) is 0 Å². The van der Waals surface area contributed by atoms with Gasteiger partial charge in [0.15, 0.2) is 0 Å². The van der Waals surface area contributed by atoms with Crippen LogP contribution in [0, 0.1) is 0 Å². The van der Waals surface area contributed by atoms with Crippen LogP contribution in [0.15, 0.2) is 121 Å². The van der Waals surface area contributed by atoms with Crippen molar-refractivity contribution in [2.45, 2.75) is 5.41 Å². The Kier molecular flexibility index (Phi) is 4.31. The molecule has 174 valence electrons. The number of ether oxygens (including phenoxy) is 1. The summed E-state index contributed by atoms with van der Waals surface area (Å²) in [6.45, 7) is 0. The second-order valence-corrected chi connectivity index (χ2v) is 10.4. The number of hydrogen-bond donors (Lipinski definition) is 0. The monoisotopic (exact) mass is 492 g/mol. The van der Waals surface area contributed by atoms with Crippen molar-refractivity contribution in [2.24, 2.45) is 0 Å². The number of nitrogens with zero attached hydrogens (tertiary/aromatic N) is 2. The summed E-state index contributed by atoms with van der Waals surface area (Å²) in [5.74, 6) is 1.75. The van der Waals surface area contributed by atoms with E-state index in [9.17, 15) is 0 Å². The van der Waals surface area contributed by atoms with E-state index in [1.54, 1.807) is 11.3 Å². The van der Waals surface area contributed by atoms with Crippen LogP contribution in [0.4, 0.5) is 0 Å². The van der Waals surface area contributed by atoms with E-state index in [0.29, 0.717) is 0 Å². The zero-order valence-corrected chi connectivity index (χ0v) is 20.6. The zero-order valence-electron chi connectivity index (χ0n) is 19.8. The third kappa shape index (κ3) is 2.82. The summed E-state index contributed by atoms with van der Waals surface area (Å²) < 4.78 is 6.60. The van der Waals surface area contributed by atoms with E-state index < -0.39 is 5.41 Å². The minimum Gasteiger partial charge on any atom is -0.457 e. The van der Waals surface area contributed by atoms with Gasteiger partial charge in [0, 0.05) is 22.3 Å². The summed E-state index contributed by atoms with van der Waals surface area (Å²) in [6.07, 6.45) is 0. The standard InChI is InChI=1S/C33H20N2OS/c1-2-10-21(11-3-1)31-34-35-32(37-31)22-18-19-28-30(20-22)36-29-17-9-8-16-27(29)33(28)25-14-6-4-12-23(25)24-13-5-7-15-26(24)33/h1-20H. The molecule has 0 fully saturated rings. The Morgan fingerprint density at radius 3 is 1.78 bits per heavy atom. The topological polar surface area (TPSA) is 35.0 Å². The molecular weight excluding hydrogens is 472 g/mol. The number of benzene rings is 5. The van der Waals surface area contributed by atoms with Crippen LogP contribution < -0.4 is 4.74 Å². The maximum Gasteiger partial charge on any atom is 0.148 e. The summed E-state index contributed by atoms with van der Waals surface area (Å²) >= 11 is 1.60. The molecule has 1 spiro atoms. The summed E-state index contributed by atoms with van der Waals surface area (Å²) in [4.78, 5) is 0. The molecule has 0 N–H and O–H groups in total. The lowest BCUT2D eigenvalue weighted by atomic mass is 9.66. The Morgan fingerprint density at radius 2 is 1.05 bits per heavy atom. The van der Waals surface area contributed by atoms with Gasteiger partial charge in [0.25, 0.3) is 0 Å². The summed E-state index contributed by atoms with van der Waals surface area (Å²) in [7, 11) is 0. The minimum absolute atomic E-state index is 0.438. The molecule has 1 aliphatic carbocycles. The Morgan fingerprint density at radius 1 is 0.486 bits per heavy atom. The Bertz CT molecular complexity index is 1780. The highest BCUT2D eigenvalue weighted by Crippen LogP contribution is 2.62. The van der Waals surface area contributed by atoms with E-state index in [-0.39, 0.29) is 0 Å². The van der Waals surface area contributed by atoms with Crippen molar-refractivity contribution in [2.75, 3.05) is 0 Å². The van der Waals surface area contributed by atoms with E-state index in [0.717, 1.165) is 38.2 Å². The molecule has 1 aliphatic heterocycles. The van der Waals surface area contributed by atoms with Crippen molar-refractivity contribution >= 4 is 11.3 Å². The number of para-hydroxylation sites is 1. The average Bonchev–Trinajstić information content (AvgIpc) is 3.57. The SMILES string of the molecule is c1ccc(-c2nnc(-c3ccc4c(c3)Oc3ccccc3C43c4ccccc4-c4ccccc43)s2)cc1. The van der Waals surface area contributed by atoms with Crippen LogP contribution >= 0.6 is 11.3 Å². The van der Waals surface area contributed by atoms with E-state index >= 15 is 0 Å². The fourth-order valence-corrected chi connectivity index (χ4v) is 6.88. The highest BCUT2D eigenvalue weighted by Gasteiger charge is 2.50. The molecule has 2 aliphatic rings. The van der Waals surface area contributed by atoms with E-state index in [4.69, 9.17) is 4.74 Å². The second kappa shape index (κ2) is 7.73. The molecule has 5 aromatic carbocycles. The highest BCUT2D eigenvalue weighted by atomic mass is 32.1. The molecule has 0 bridgehead atoms. The Labute approximate surface area is 218 Å². The number of fused-ring (bicyclic) bond motifs is 9. The van der Waals surface area contributed by atoms with Crippen molar-refractivity contribution in [1.29, 1.82) is 0 Å². The van der Waals surface area contributed by atoms with Gasteiger partial charge in [-0.2, -0.15) is 0 Å². The first kappa shape index (κ1) is 20.6. The molecule has 0 amide bonds. The molecule has 2 heterocycles. The molecule has 3 nitrogen and oxygen atoms in total. The lowest BCUT2D eigenvalue weighted by molar-refractivity contribution is 0.436. The molecule has 0 saturated heterocycles. The van der Waals surface area contributed by atoms with Gasteiger partial charge in [-0.1, -0.05) is 121 Å². The highest BCUT2D eigenvalue weighted by molar-refractivity contribution is 7.17. The van der Waals surface area contributed by atoms with E-state index in [2.05, 4.69) is 107 Å². The van der Waals surface area contributed by atoms with Crippen molar-refractivity contribution in [3.05, 3.63) is 144 Å². The maximum atomic E-state index is 6.60. The molecule has 1 aromatic heterocycles. The Balaban J connectivity index is 1.36. The largest absolute Gasteiger partial charge is 0.457 e. The molecule has 0 unspecified atom stereocenters. The first-order valence-corrected chi connectivity index (χ1v) is 13.2. The quantitative estimate of drug-likeness (QED) is 0.243. The van der Waals surface area contributed by atoms with Gasteiger partial charge in [-0.15, -0.1) is 10.2 Å². The Hall–Kier alpha value is -4.54. The molecule has 0 radical (unpaired) electrons. The zero-order chi connectivity index (χ0) is 24.4. The van der Waals surface area contributed by atoms with Crippen LogP contribution in [-0.2, 0) is 5.41 Å². The van der Waals surface area contributed by atoms with Crippen molar-refractivity contribution in [3.8, 4) is 43.8 Å². The number of aromatic nitrogens is 2. The van der Waals surface area contributed by atoms with Crippen LogP contribution in [0.25, 0.3) is 32.3 Å². The third-order valence-corrected chi connectivity index (χ3v) is 8.56. The number of rotatable bonds is 2. The van der Waals surface area contributed by atoms with Gasteiger partial charge >= 0.3 is 0 Å². The summed E-state index contributed by atoms with van der Waals surface area (Å²) in [5.41, 5.74) is 9.12. The smallest absolute Gasteiger partial charge is 0.148 e. The molecule has 0 atom stereocenters. The van der Waals surface area contributed by atoms with Crippen LogP contribution in [0.2, 0.25) is 0 Å². The molecule has 8 rings (SSSR count). The fraction of sp³-hybridized carbons (Fsp3) is 0.0303. The molecule has 6 aromatic rings. The van der Waals surface area contributed by atoms with Gasteiger partial charge < -0.3 is 4.74 Å². The lowest BCUT2D eigenvalue weighted by Gasteiger charge is -2.39. The van der Waals surface area contributed by atoms with Crippen LogP contribution in [-0.4, -0.2) is 10.2 Å². The van der Waals surface area contributed by atoms with Crippen molar-refractivity contribution in [3.63, 3.8) is 0 Å². The van der Waals surface area contributed by atoms with Crippen LogP contribution in [0.3, 0.4) is 0 Å². The van der Waals surface area contributed by atoms with Crippen LogP contribution in [0.1, 0.15) is 22.3 Å². The first-order chi connectivity index (χ1) is 18.3. The summed E-state index contributed by atoms with van der Waals surface area (Å²) in [5, 5.41) is 10.8. The predicted molar refractivity (Wildman–Crippen MR) is 148 cm³/mol. The van der Waals surface area contributed by atoms with Gasteiger partial charge in [0.1, 0.15) is 21.5 Å². The average molecular weight is 493 g/mol. The van der Waals surface area contributed by atoms with Crippen molar-refractivity contribution < 1.29 is 4.74 Å². The molecular formula is C33H20N2OS. The molecule has 0 saturated carbocycles. The van der Waals surface area contributed by atoms with Crippen molar-refractivity contribution in [1.82, 2.24) is 10.2 Å². The van der Waals surface area contributed by atoms with Gasteiger partial charge in [-0.3, -0.25) is 0 Å². The second-order valence-electron chi connectivity index (χ2n) is 9.43. The van der Waals surface area contributed by atoms with Gasteiger partial charge in [-0.05, 0) is 34.4 Å². The summed E-state index contributed by atoms with van der Waals surface area (Å²) in [6, 6.07) is 42.7.